The molecule has 0 aliphatic carbocycles. The van der Waals surface area contributed by atoms with Crippen molar-refractivity contribution in [3.05, 3.63) is 65.9 Å². The number of pyridine rings is 1. The molecule has 180 valence electrons. The summed E-state index contributed by atoms with van der Waals surface area (Å²) in [6.45, 7) is 2.67. The van der Waals surface area contributed by atoms with Gasteiger partial charge in [-0.25, -0.2) is 15.0 Å². The Balaban J connectivity index is 1.48. The topological polar surface area (TPSA) is 102 Å². The second-order valence-corrected chi connectivity index (χ2v) is 8.04. The van der Waals surface area contributed by atoms with Crippen LogP contribution in [0.4, 0.5) is 17.3 Å². The van der Waals surface area contributed by atoms with Crippen molar-refractivity contribution in [2.24, 2.45) is 0 Å². The Bertz CT molecular complexity index is 1320. The summed E-state index contributed by atoms with van der Waals surface area (Å²) in [7, 11) is 4.69. The smallest absolute Gasteiger partial charge is 0.203 e. The lowest BCUT2D eigenvalue weighted by Gasteiger charge is -2.15. The maximum absolute atomic E-state index is 5.42. The summed E-state index contributed by atoms with van der Waals surface area (Å²) in [6, 6.07) is 15.5. The largest absolute Gasteiger partial charge is 0.493 e. The molecule has 4 aromatic rings. The van der Waals surface area contributed by atoms with Crippen LogP contribution in [0.5, 0.6) is 17.2 Å². The Morgan fingerprint density at radius 3 is 2.23 bits per heavy atom. The van der Waals surface area contributed by atoms with Crippen molar-refractivity contribution in [3.8, 4) is 17.2 Å². The molecule has 35 heavy (non-hydrogen) atoms. The van der Waals surface area contributed by atoms with Crippen LogP contribution in [0, 0.1) is 6.92 Å². The van der Waals surface area contributed by atoms with Gasteiger partial charge in [0.05, 0.1) is 27.5 Å². The zero-order valence-corrected chi connectivity index (χ0v) is 20.7. The molecule has 0 saturated heterocycles. The van der Waals surface area contributed by atoms with Gasteiger partial charge in [-0.1, -0.05) is 29.8 Å². The number of aromatic nitrogens is 3. The van der Waals surface area contributed by atoms with E-state index in [4.69, 9.17) is 26.4 Å². The number of thiocarbonyl (C=S) groups is 1. The SMILES string of the molecule is COc1cc(Nc2cnc3ccc(NC(=S)NCc4ccc(C)cc4)nc3n2)cc(OC)c1OC. The van der Waals surface area contributed by atoms with Crippen molar-refractivity contribution in [2.75, 3.05) is 32.0 Å². The number of fused-ring (bicyclic) bond motifs is 1. The van der Waals surface area contributed by atoms with E-state index in [0.29, 0.717) is 57.4 Å². The highest BCUT2D eigenvalue weighted by atomic mass is 32.1. The fourth-order valence-corrected chi connectivity index (χ4v) is 3.55. The molecule has 0 fully saturated rings. The van der Waals surface area contributed by atoms with Crippen molar-refractivity contribution in [2.45, 2.75) is 13.5 Å². The van der Waals surface area contributed by atoms with Crippen LogP contribution in [0.2, 0.25) is 0 Å². The Morgan fingerprint density at radius 1 is 0.886 bits per heavy atom. The summed E-state index contributed by atoms with van der Waals surface area (Å²) in [5.74, 6) is 2.64. The zero-order valence-electron chi connectivity index (χ0n) is 19.9. The predicted molar refractivity (Wildman–Crippen MR) is 141 cm³/mol. The number of hydrogen-bond donors (Lipinski definition) is 3. The van der Waals surface area contributed by atoms with E-state index in [0.717, 1.165) is 5.56 Å². The third-order valence-corrected chi connectivity index (χ3v) is 5.41. The van der Waals surface area contributed by atoms with Gasteiger partial charge in [0.1, 0.15) is 11.3 Å². The lowest BCUT2D eigenvalue weighted by molar-refractivity contribution is 0.324. The molecule has 0 aliphatic rings. The molecule has 2 aromatic heterocycles. The zero-order chi connectivity index (χ0) is 24.8. The third-order valence-electron chi connectivity index (χ3n) is 5.16. The van der Waals surface area contributed by atoms with Gasteiger partial charge in [-0.2, -0.15) is 0 Å². The molecule has 4 rings (SSSR count). The molecule has 2 aromatic carbocycles. The van der Waals surface area contributed by atoms with E-state index in [-0.39, 0.29) is 0 Å². The summed E-state index contributed by atoms with van der Waals surface area (Å²) in [6.07, 6.45) is 1.63. The number of rotatable bonds is 8. The fourth-order valence-electron chi connectivity index (χ4n) is 3.38. The van der Waals surface area contributed by atoms with Gasteiger partial charge in [0, 0.05) is 24.4 Å². The highest BCUT2D eigenvalue weighted by Gasteiger charge is 2.14. The molecular weight excluding hydrogens is 464 g/mol. The molecular formula is C25H26N6O3S. The fraction of sp³-hybridized carbons (Fsp3) is 0.200. The van der Waals surface area contributed by atoms with Crippen LogP contribution in [-0.4, -0.2) is 41.4 Å². The lowest BCUT2D eigenvalue weighted by atomic mass is 10.1. The van der Waals surface area contributed by atoms with E-state index in [9.17, 15) is 0 Å². The molecule has 0 atom stereocenters. The average molecular weight is 491 g/mol. The van der Waals surface area contributed by atoms with E-state index < -0.39 is 0 Å². The van der Waals surface area contributed by atoms with Crippen molar-refractivity contribution < 1.29 is 14.2 Å². The first kappa shape index (κ1) is 24.0. The number of nitrogens with zero attached hydrogens (tertiary/aromatic N) is 3. The first-order chi connectivity index (χ1) is 17.0. The third kappa shape index (κ3) is 5.85. The Kier molecular flexibility index (Phi) is 7.41. The molecule has 0 amide bonds. The lowest BCUT2D eigenvalue weighted by Crippen LogP contribution is -2.28. The number of anilines is 3. The van der Waals surface area contributed by atoms with Gasteiger partial charge in [-0.3, -0.25) is 0 Å². The van der Waals surface area contributed by atoms with Crippen LogP contribution >= 0.6 is 12.2 Å². The van der Waals surface area contributed by atoms with Gasteiger partial charge in [0.25, 0.3) is 0 Å². The maximum atomic E-state index is 5.42. The van der Waals surface area contributed by atoms with Crippen LogP contribution in [0.25, 0.3) is 11.2 Å². The van der Waals surface area contributed by atoms with Crippen LogP contribution < -0.4 is 30.2 Å². The molecule has 2 heterocycles. The van der Waals surface area contributed by atoms with Gasteiger partial charge < -0.3 is 30.2 Å². The molecule has 0 spiro atoms. The number of methoxy groups -OCH3 is 3. The second-order valence-electron chi connectivity index (χ2n) is 7.63. The molecule has 0 radical (unpaired) electrons. The van der Waals surface area contributed by atoms with E-state index >= 15 is 0 Å². The average Bonchev–Trinajstić information content (AvgIpc) is 2.87. The predicted octanol–water partition coefficient (Wildman–Crippen LogP) is 4.59. The number of ether oxygens (including phenoxy) is 3. The molecule has 0 saturated carbocycles. The molecule has 3 N–H and O–H groups in total. The first-order valence-corrected chi connectivity index (χ1v) is 11.2. The van der Waals surface area contributed by atoms with Gasteiger partial charge in [-0.05, 0) is 36.8 Å². The molecule has 10 heteroatoms. The standard InChI is InChI=1S/C25H26N6O3S/c1-15-5-7-16(8-6-15)13-27-25(35)31-21-10-9-18-24(29-21)30-22(14-26-18)28-17-11-19(32-2)23(34-4)20(12-17)33-3/h5-12,14H,13H2,1-4H3,(H3,27,28,29,30,31,35). The van der Waals surface area contributed by atoms with Crippen LogP contribution in [-0.2, 0) is 6.54 Å². The first-order valence-electron chi connectivity index (χ1n) is 10.8. The van der Waals surface area contributed by atoms with Crippen LogP contribution in [0.15, 0.2) is 54.7 Å². The van der Waals surface area contributed by atoms with Crippen LogP contribution in [0.1, 0.15) is 11.1 Å². The van der Waals surface area contributed by atoms with Gasteiger partial charge in [-0.15, -0.1) is 0 Å². The monoisotopic (exact) mass is 490 g/mol. The summed E-state index contributed by atoms with van der Waals surface area (Å²) in [5, 5.41) is 9.97. The summed E-state index contributed by atoms with van der Waals surface area (Å²) in [4.78, 5) is 13.6. The summed E-state index contributed by atoms with van der Waals surface area (Å²) < 4.78 is 16.2. The van der Waals surface area contributed by atoms with Gasteiger partial charge in [0.2, 0.25) is 5.75 Å². The Hall–Kier alpha value is -4.18. The maximum Gasteiger partial charge on any atom is 0.203 e. The van der Waals surface area contributed by atoms with Crippen molar-refractivity contribution in [1.82, 2.24) is 20.3 Å². The summed E-state index contributed by atoms with van der Waals surface area (Å²) >= 11 is 5.42. The Labute approximate surface area is 208 Å². The quantitative estimate of drug-likeness (QED) is 0.304. The van der Waals surface area contributed by atoms with Crippen molar-refractivity contribution in [3.63, 3.8) is 0 Å². The number of aryl methyl sites for hydroxylation is 1. The second kappa shape index (κ2) is 10.8. The van der Waals surface area contributed by atoms with E-state index in [2.05, 4.69) is 62.1 Å². The van der Waals surface area contributed by atoms with Gasteiger partial charge in [0.15, 0.2) is 28.1 Å². The molecule has 0 bridgehead atoms. The van der Waals surface area contributed by atoms with Crippen molar-refractivity contribution >= 4 is 45.8 Å². The number of hydrogen-bond acceptors (Lipinski definition) is 8. The summed E-state index contributed by atoms with van der Waals surface area (Å²) in [5.41, 5.74) is 4.18. The van der Waals surface area contributed by atoms with Gasteiger partial charge >= 0.3 is 0 Å². The van der Waals surface area contributed by atoms with E-state index in [1.165, 1.54) is 5.56 Å². The van der Waals surface area contributed by atoms with Crippen molar-refractivity contribution in [1.29, 1.82) is 0 Å². The normalized spacial score (nSPS) is 10.5. The highest BCUT2D eigenvalue weighted by molar-refractivity contribution is 7.80. The van der Waals surface area contributed by atoms with E-state index in [1.54, 1.807) is 39.7 Å². The minimum Gasteiger partial charge on any atom is -0.493 e. The number of nitrogens with one attached hydrogen (secondary N) is 3. The molecule has 0 unspecified atom stereocenters. The van der Waals surface area contributed by atoms with E-state index in [1.807, 2.05) is 12.1 Å². The highest BCUT2D eigenvalue weighted by Crippen LogP contribution is 2.40. The Morgan fingerprint density at radius 2 is 1.57 bits per heavy atom. The molecule has 0 aliphatic heterocycles. The molecule has 9 nitrogen and oxygen atoms in total. The van der Waals surface area contributed by atoms with Crippen LogP contribution in [0.3, 0.4) is 0 Å². The minimum absolute atomic E-state index is 0.466. The minimum atomic E-state index is 0.466. The number of benzene rings is 2.